The summed E-state index contributed by atoms with van der Waals surface area (Å²) in [5.74, 6) is 0.560. The zero-order valence-corrected chi connectivity index (χ0v) is 5.95. The minimum atomic E-state index is -1.26. The molecule has 0 radical (unpaired) electrons. The molecule has 0 fully saturated rings. The molecule has 52 valence electrons. The second-order valence-corrected chi connectivity index (χ2v) is 2.10. The predicted molar refractivity (Wildman–Crippen MR) is 40.9 cm³/mol. The van der Waals surface area contributed by atoms with Gasteiger partial charge in [-0.25, -0.2) is 0 Å². The summed E-state index contributed by atoms with van der Waals surface area (Å²) in [5.41, 5.74) is 0. The van der Waals surface area contributed by atoms with Crippen LogP contribution < -0.4 is 4.65 Å². The first-order valence-corrected chi connectivity index (χ1v) is 3.26. The van der Waals surface area contributed by atoms with Crippen molar-refractivity contribution >= 4 is 18.0 Å². The molecule has 0 spiro atoms. The highest BCUT2D eigenvalue weighted by atomic mass is 35.5. The van der Waals surface area contributed by atoms with Gasteiger partial charge in [-0.15, -0.1) is 11.5 Å². The third-order valence-corrected chi connectivity index (χ3v) is 1.07. The molecule has 4 heteroatoms. The lowest BCUT2D eigenvalue weighted by Crippen LogP contribution is -2.12. The van der Waals surface area contributed by atoms with Crippen LogP contribution in [-0.4, -0.2) is 11.6 Å². The lowest BCUT2D eigenvalue weighted by atomic mass is 10.3. The van der Waals surface area contributed by atoms with Gasteiger partial charge in [-0.05, 0) is 12.1 Å². The van der Waals surface area contributed by atoms with Crippen LogP contribution >= 0.6 is 11.5 Å². The van der Waals surface area contributed by atoms with Crippen molar-refractivity contribution in [3.8, 4) is 5.75 Å². The normalized spacial score (nSPS) is 9.00. The first-order valence-electron chi connectivity index (χ1n) is 2.83. The van der Waals surface area contributed by atoms with Crippen molar-refractivity contribution in [1.29, 1.82) is 0 Å². The second kappa shape index (κ2) is 3.49. The number of rotatable bonds is 2. The smallest absolute Gasteiger partial charge is 0.523 e. The third kappa shape index (κ3) is 2.29. The Bertz CT molecular complexity index is 190. The lowest BCUT2D eigenvalue weighted by Gasteiger charge is -2.01. The van der Waals surface area contributed by atoms with Crippen LogP contribution in [0.15, 0.2) is 30.3 Å². The summed E-state index contributed by atoms with van der Waals surface area (Å²) < 4.78 is 4.74. The van der Waals surface area contributed by atoms with E-state index in [1.54, 1.807) is 24.3 Å². The highest BCUT2D eigenvalue weighted by Gasteiger charge is 2.08. The van der Waals surface area contributed by atoms with Crippen molar-refractivity contribution in [1.82, 2.24) is 0 Å². The maximum atomic E-state index is 8.55. The van der Waals surface area contributed by atoms with E-state index in [0.29, 0.717) is 5.75 Å². The first kappa shape index (κ1) is 7.44. The predicted octanol–water partition coefficient (Wildman–Crippen LogP) is 1.28. The number of hydrogen-bond donors (Lipinski definition) is 1. The van der Waals surface area contributed by atoms with E-state index in [0.717, 1.165) is 0 Å². The second-order valence-electron chi connectivity index (χ2n) is 1.72. The Labute approximate surface area is 64.5 Å². The van der Waals surface area contributed by atoms with Crippen molar-refractivity contribution < 1.29 is 9.68 Å². The van der Waals surface area contributed by atoms with E-state index in [4.69, 9.17) is 21.1 Å². The Morgan fingerprint density at radius 1 is 1.30 bits per heavy atom. The number of benzene rings is 1. The Kier molecular flexibility index (Phi) is 2.60. The Hall–Kier alpha value is -0.665. The van der Waals surface area contributed by atoms with Gasteiger partial charge in [-0.2, -0.15) is 0 Å². The van der Waals surface area contributed by atoms with Gasteiger partial charge in [0, 0.05) is 0 Å². The number of halogens is 1. The van der Waals surface area contributed by atoms with Gasteiger partial charge < -0.3 is 9.68 Å². The van der Waals surface area contributed by atoms with Crippen LogP contribution in [0.1, 0.15) is 0 Å². The van der Waals surface area contributed by atoms with Crippen LogP contribution in [0.5, 0.6) is 5.75 Å². The van der Waals surface area contributed by atoms with Crippen LogP contribution in [-0.2, 0) is 0 Å². The Balaban J connectivity index is 2.59. The maximum Gasteiger partial charge on any atom is 0.639 e. The fraction of sp³-hybridized carbons (Fsp3) is 0. The summed E-state index contributed by atoms with van der Waals surface area (Å²) in [6.45, 7) is -1.26. The Morgan fingerprint density at radius 3 is 2.40 bits per heavy atom. The number of para-hydroxylation sites is 1. The molecule has 1 aromatic rings. The fourth-order valence-electron chi connectivity index (χ4n) is 0.611. The molecule has 0 aliphatic carbocycles. The molecule has 0 aliphatic rings. The van der Waals surface area contributed by atoms with Gasteiger partial charge in [0.2, 0.25) is 0 Å². The summed E-state index contributed by atoms with van der Waals surface area (Å²) in [6.07, 6.45) is 0. The third-order valence-electron chi connectivity index (χ3n) is 0.977. The zero-order chi connectivity index (χ0) is 7.40. The largest absolute Gasteiger partial charge is 0.639 e. The van der Waals surface area contributed by atoms with Gasteiger partial charge in [-0.3, -0.25) is 0 Å². The van der Waals surface area contributed by atoms with E-state index < -0.39 is 6.53 Å². The number of hydrogen-bond acceptors (Lipinski definition) is 2. The maximum absolute atomic E-state index is 8.55. The molecular formula is C6H6BClO2. The average Bonchev–Trinajstić information content (AvgIpc) is 1.88. The van der Waals surface area contributed by atoms with E-state index in [2.05, 4.69) is 0 Å². The highest BCUT2D eigenvalue weighted by Crippen LogP contribution is 2.09. The molecule has 1 rings (SSSR count). The van der Waals surface area contributed by atoms with E-state index in [-0.39, 0.29) is 0 Å². The van der Waals surface area contributed by atoms with E-state index in [1.807, 2.05) is 6.07 Å². The van der Waals surface area contributed by atoms with Crippen LogP contribution in [0.4, 0.5) is 0 Å². The quantitative estimate of drug-likeness (QED) is 0.654. The summed E-state index contributed by atoms with van der Waals surface area (Å²) in [4.78, 5) is 0. The van der Waals surface area contributed by atoms with Gasteiger partial charge in [0.15, 0.2) is 0 Å². The SMILES string of the molecule is OB(Cl)Oc1ccccc1. The minimum absolute atomic E-state index is 0.560. The van der Waals surface area contributed by atoms with Crippen LogP contribution in [0.25, 0.3) is 0 Å². The molecular weight excluding hydrogens is 150 g/mol. The minimum Gasteiger partial charge on any atom is -0.523 e. The van der Waals surface area contributed by atoms with Gasteiger partial charge >= 0.3 is 6.53 Å². The molecule has 0 bridgehead atoms. The summed E-state index contributed by atoms with van der Waals surface area (Å²) in [6, 6.07) is 8.88. The van der Waals surface area contributed by atoms with Crippen molar-refractivity contribution in [2.75, 3.05) is 0 Å². The molecule has 0 saturated carbocycles. The van der Waals surface area contributed by atoms with Gasteiger partial charge in [0.25, 0.3) is 0 Å². The van der Waals surface area contributed by atoms with Crippen molar-refractivity contribution in [2.45, 2.75) is 0 Å². The van der Waals surface area contributed by atoms with E-state index in [9.17, 15) is 0 Å². The van der Waals surface area contributed by atoms with Crippen molar-refractivity contribution in [3.63, 3.8) is 0 Å². The molecule has 1 aromatic carbocycles. The lowest BCUT2D eigenvalue weighted by molar-refractivity contribution is 0.442. The fourth-order valence-corrected chi connectivity index (χ4v) is 0.714. The summed E-state index contributed by atoms with van der Waals surface area (Å²) >= 11 is 5.15. The molecule has 0 unspecified atom stereocenters. The van der Waals surface area contributed by atoms with Crippen LogP contribution in [0, 0.1) is 0 Å². The van der Waals surface area contributed by atoms with Gasteiger partial charge in [0.05, 0.1) is 0 Å². The Morgan fingerprint density at radius 2 is 1.90 bits per heavy atom. The van der Waals surface area contributed by atoms with E-state index >= 15 is 0 Å². The van der Waals surface area contributed by atoms with Crippen molar-refractivity contribution in [2.24, 2.45) is 0 Å². The molecule has 0 aliphatic heterocycles. The van der Waals surface area contributed by atoms with Gasteiger partial charge in [-0.1, -0.05) is 18.2 Å². The monoisotopic (exact) mass is 156 g/mol. The first-order chi connectivity index (χ1) is 4.79. The molecule has 2 nitrogen and oxygen atoms in total. The molecule has 10 heavy (non-hydrogen) atoms. The molecule has 1 N–H and O–H groups in total. The summed E-state index contributed by atoms with van der Waals surface area (Å²) in [7, 11) is 0. The average molecular weight is 156 g/mol. The molecule has 0 aromatic heterocycles. The van der Waals surface area contributed by atoms with Crippen LogP contribution in [0.2, 0.25) is 0 Å². The van der Waals surface area contributed by atoms with E-state index in [1.165, 1.54) is 0 Å². The molecule has 0 heterocycles. The van der Waals surface area contributed by atoms with Gasteiger partial charge in [0.1, 0.15) is 5.75 Å². The summed E-state index contributed by atoms with van der Waals surface area (Å²) in [5, 5.41) is 8.55. The topological polar surface area (TPSA) is 29.5 Å². The molecule has 0 atom stereocenters. The standard InChI is InChI=1S/C6H6BClO2/c8-7(9)10-6-4-2-1-3-5-6/h1-5,9H. The zero-order valence-electron chi connectivity index (χ0n) is 5.20. The van der Waals surface area contributed by atoms with Crippen LogP contribution in [0.3, 0.4) is 0 Å². The van der Waals surface area contributed by atoms with Crippen molar-refractivity contribution in [3.05, 3.63) is 30.3 Å². The molecule has 0 amide bonds. The molecule has 0 saturated heterocycles. The highest BCUT2D eigenvalue weighted by molar-refractivity contribution is 6.98.